The SMILES string of the molecule is COc1ncc(Br)cc1N1CC(CO)CC1=O. The molecule has 1 saturated heterocycles. The fourth-order valence-corrected chi connectivity index (χ4v) is 2.22. The lowest BCUT2D eigenvalue weighted by Gasteiger charge is -2.18. The van der Waals surface area contributed by atoms with Gasteiger partial charge < -0.3 is 14.7 Å². The molecule has 1 aliphatic heterocycles. The van der Waals surface area contributed by atoms with Gasteiger partial charge in [0.2, 0.25) is 11.8 Å². The van der Waals surface area contributed by atoms with E-state index in [1.54, 1.807) is 17.2 Å². The molecular formula is C11H13BrN2O3. The number of aromatic nitrogens is 1. The molecule has 0 saturated carbocycles. The molecule has 0 aromatic carbocycles. The molecule has 1 unspecified atom stereocenters. The van der Waals surface area contributed by atoms with Gasteiger partial charge in [0.25, 0.3) is 0 Å². The van der Waals surface area contributed by atoms with Gasteiger partial charge in [0.15, 0.2) is 0 Å². The largest absolute Gasteiger partial charge is 0.480 e. The number of carbonyl (C=O) groups is 1. The van der Waals surface area contributed by atoms with E-state index in [4.69, 9.17) is 9.84 Å². The second-order valence-corrected chi connectivity index (χ2v) is 4.85. The highest BCUT2D eigenvalue weighted by Gasteiger charge is 2.32. The van der Waals surface area contributed by atoms with E-state index in [1.807, 2.05) is 0 Å². The highest BCUT2D eigenvalue weighted by atomic mass is 79.9. The van der Waals surface area contributed by atoms with E-state index in [1.165, 1.54) is 7.11 Å². The molecule has 1 aromatic heterocycles. The summed E-state index contributed by atoms with van der Waals surface area (Å²) in [6.07, 6.45) is 1.98. The first-order valence-electron chi connectivity index (χ1n) is 5.26. The molecule has 1 fully saturated rings. The fraction of sp³-hybridized carbons (Fsp3) is 0.455. The summed E-state index contributed by atoms with van der Waals surface area (Å²) in [6, 6.07) is 1.80. The Morgan fingerprint density at radius 3 is 3.06 bits per heavy atom. The van der Waals surface area contributed by atoms with Crippen molar-refractivity contribution in [1.29, 1.82) is 0 Å². The Bertz CT molecular complexity index is 439. The Balaban J connectivity index is 2.33. The third kappa shape index (κ3) is 2.42. The lowest BCUT2D eigenvalue weighted by molar-refractivity contribution is -0.117. The molecule has 1 amide bonds. The van der Waals surface area contributed by atoms with Crippen LogP contribution >= 0.6 is 15.9 Å². The lowest BCUT2D eigenvalue weighted by Crippen LogP contribution is -2.25. The maximum Gasteiger partial charge on any atom is 0.237 e. The van der Waals surface area contributed by atoms with Crippen LogP contribution in [0.25, 0.3) is 0 Å². The van der Waals surface area contributed by atoms with Crippen LogP contribution in [0.5, 0.6) is 5.88 Å². The molecule has 1 atom stereocenters. The zero-order chi connectivity index (χ0) is 12.4. The second-order valence-electron chi connectivity index (χ2n) is 3.94. The normalized spacial score (nSPS) is 19.8. The molecule has 1 aromatic rings. The van der Waals surface area contributed by atoms with Crippen molar-refractivity contribution < 1.29 is 14.6 Å². The topological polar surface area (TPSA) is 62.7 Å². The third-order valence-electron chi connectivity index (χ3n) is 2.75. The fourth-order valence-electron chi connectivity index (χ4n) is 1.90. The van der Waals surface area contributed by atoms with Crippen LogP contribution in [0.4, 0.5) is 5.69 Å². The molecule has 0 aliphatic carbocycles. The van der Waals surface area contributed by atoms with Crippen LogP contribution in [-0.2, 0) is 4.79 Å². The van der Waals surface area contributed by atoms with Gasteiger partial charge in [0.05, 0.1) is 7.11 Å². The summed E-state index contributed by atoms with van der Waals surface area (Å²) < 4.78 is 5.93. The summed E-state index contributed by atoms with van der Waals surface area (Å²) in [5.74, 6) is 0.397. The van der Waals surface area contributed by atoms with E-state index in [0.29, 0.717) is 24.5 Å². The maximum atomic E-state index is 11.8. The van der Waals surface area contributed by atoms with E-state index in [9.17, 15) is 4.79 Å². The number of carbonyl (C=O) groups excluding carboxylic acids is 1. The van der Waals surface area contributed by atoms with Crippen molar-refractivity contribution in [1.82, 2.24) is 4.98 Å². The molecular weight excluding hydrogens is 288 g/mol. The van der Waals surface area contributed by atoms with E-state index < -0.39 is 0 Å². The number of hydrogen-bond donors (Lipinski definition) is 1. The first-order chi connectivity index (χ1) is 8.15. The minimum Gasteiger partial charge on any atom is -0.480 e. The maximum absolute atomic E-state index is 11.8. The van der Waals surface area contributed by atoms with E-state index in [2.05, 4.69) is 20.9 Å². The molecule has 2 rings (SSSR count). The number of aliphatic hydroxyl groups is 1. The van der Waals surface area contributed by atoms with Gasteiger partial charge in [-0.3, -0.25) is 4.79 Å². The van der Waals surface area contributed by atoms with Crippen molar-refractivity contribution >= 4 is 27.5 Å². The van der Waals surface area contributed by atoms with Crippen molar-refractivity contribution in [3.8, 4) is 5.88 Å². The molecule has 0 bridgehead atoms. The number of rotatable bonds is 3. The van der Waals surface area contributed by atoms with E-state index >= 15 is 0 Å². The molecule has 0 spiro atoms. The monoisotopic (exact) mass is 300 g/mol. The highest BCUT2D eigenvalue weighted by Crippen LogP contribution is 2.33. The second kappa shape index (κ2) is 5.01. The van der Waals surface area contributed by atoms with Gasteiger partial charge in [-0.15, -0.1) is 0 Å². The van der Waals surface area contributed by atoms with E-state index in [-0.39, 0.29) is 18.4 Å². The van der Waals surface area contributed by atoms with Crippen molar-refractivity contribution in [3.63, 3.8) is 0 Å². The summed E-state index contributed by atoms with van der Waals surface area (Å²) in [6.45, 7) is 0.524. The Hall–Kier alpha value is -1.14. The van der Waals surface area contributed by atoms with Gasteiger partial charge >= 0.3 is 0 Å². The summed E-state index contributed by atoms with van der Waals surface area (Å²) in [4.78, 5) is 17.5. The molecule has 5 nitrogen and oxygen atoms in total. The Labute approximate surface area is 108 Å². The van der Waals surface area contributed by atoms with Crippen LogP contribution in [0.2, 0.25) is 0 Å². The number of ether oxygens (including phenoxy) is 1. The molecule has 1 N–H and O–H groups in total. The van der Waals surface area contributed by atoms with Gasteiger partial charge in [-0.1, -0.05) is 0 Å². The average molecular weight is 301 g/mol. The highest BCUT2D eigenvalue weighted by molar-refractivity contribution is 9.10. The lowest BCUT2D eigenvalue weighted by atomic mass is 10.1. The number of hydrogen-bond acceptors (Lipinski definition) is 4. The summed E-state index contributed by atoms with van der Waals surface area (Å²) in [5, 5.41) is 9.09. The van der Waals surface area contributed by atoms with Crippen LogP contribution in [0.15, 0.2) is 16.7 Å². The van der Waals surface area contributed by atoms with Gasteiger partial charge in [0.1, 0.15) is 5.69 Å². The predicted molar refractivity (Wildman–Crippen MR) is 66.0 cm³/mol. The van der Waals surface area contributed by atoms with Gasteiger partial charge in [-0.2, -0.15) is 0 Å². The molecule has 0 radical (unpaired) electrons. The van der Waals surface area contributed by atoms with Crippen molar-refractivity contribution in [3.05, 3.63) is 16.7 Å². The number of aliphatic hydroxyl groups excluding tert-OH is 1. The number of pyridine rings is 1. The Morgan fingerprint density at radius 2 is 2.47 bits per heavy atom. The van der Waals surface area contributed by atoms with Crippen LogP contribution in [-0.4, -0.2) is 36.3 Å². The number of anilines is 1. The minimum atomic E-state index is -0.0118. The molecule has 2 heterocycles. The zero-order valence-electron chi connectivity index (χ0n) is 9.39. The predicted octanol–water partition coefficient (Wildman–Crippen LogP) is 1.20. The smallest absolute Gasteiger partial charge is 0.237 e. The van der Waals surface area contributed by atoms with Crippen molar-refractivity contribution in [2.45, 2.75) is 6.42 Å². The van der Waals surface area contributed by atoms with Gasteiger partial charge in [-0.25, -0.2) is 4.98 Å². The Kier molecular flexibility index (Phi) is 3.63. The van der Waals surface area contributed by atoms with Crippen LogP contribution < -0.4 is 9.64 Å². The standard InChI is InChI=1S/C11H13BrN2O3/c1-17-11-9(3-8(12)4-13-11)14-5-7(6-15)2-10(14)16/h3-4,7,15H,2,5-6H2,1H3. The van der Waals surface area contributed by atoms with Crippen molar-refractivity contribution in [2.75, 3.05) is 25.2 Å². The molecule has 17 heavy (non-hydrogen) atoms. The zero-order valence-corrected chi connectivity index (χ0v) is 11.0. The number of methoxy groups -OCH3 is 1. The number of halogens is 1. The van der Waals surface area contributed by atoms with Crippen LogP contribution in [0.1, 0.15) is 6.42 Å². The quantitative estimate of drug-likeness (QED) is 0.911. The van der Waals surface area contributed by atoms with Gasteiger partial charge in [-0.05, 0) is 22.0 Å². The Morgan fingerprint density at radius 1 is 1.71 bits per heavy atom. The molecule has 6 heteroatoms. The first-order valence-corrected chi connectivity index (χ1v) is 6.05. The van der Waals surface area contributed by atoms with Gasteiger partial charge in [0, 0.05) is 36.2 Å². The average Bonchev–Trinajstić information content (AvgIpc) is 2.70. The summed E-state index contributed by atoms with van der Waals surface area (Å²) in [7, 11) is 1.52. The van der Waals surface area contributed by atoms with E-state index in [0.717, 1.165) is 4.47 Å². The first kappa shape index (κ1) is 12.3. The summed E-state index contributed by atoms with van der Waals surface area (Å²) >= 11 is 3.32. The molecule has 1 aliphatic rings. The van der Waals surface area contributed by atoms with Crippen molar-refractivity contribution in [2.24, 2.45) is 5.92 Å². The minimum absolute atomic E-state index is 0.00816. The number of nitrogens with zero attached hydrogens (tertiary/aromatic N) is 2. The van der Waals surface area contributed by atoms with Crippen LogP contribution in [0.3, 0.4) is 0 Å². The summed E-state index contributed by atoms with van der Waals surface area (Å²) in [5.41, 5.74) is 0.642. The molecule has 92 valence electrons. The third-order valence-corrected chi connectivity index (χ3v) is 3.18. The van der Waals surface area contributed by atoms with Crippen LogP contribution in [0, 0.1) is 5.92 Å². The number of amides is 1.